The third kappa shape index (κ3) is 6.96. The van der Waals surface area contributed by atoms with Gasteiger partial charge in [0, 0.05) is 26.2 Å². The van der Waals surface area contributed by atoms with E-state index in [1.54, 1.807) is 6.92 Å². The molecule has 22 heavy (non-hydrogen) atoms. The van der Waals surface area contributed by atoms with Gasteiger partial charge in [-0.1, -0.05) is 0 Å². The number of ether oxygens (including phenoxy) is 2. The number of aliphatic hydroxyl groups excluding tert-OH is 1. The van der Waals surface area contributed by atoms with Gasteiger partial charge in [-0.2, -0.15) is 0 Å². The van der Waals surface area contributed by atoms with Gasteiger partial charge in [-0.15, -0.1) is 0 Å². The Bertz CT molecular complexity index is 442. The lowest BCUT2D eigenvalue weighted by atomic mass is 10.2. The number of aliphatic hydroxyl groups is 1. The highest BCUT2D eigenvalue weighted by Crippen LogP contribution is 2.36. The number of nitrogens with one attached hydrogen (secondary N) is 2. The molecule has 0 fully saturated rings. The van der Waals surface area contributed by atoms with E-state index in [0.29, 0.717) is 19.8 Å². The molecule has 0 radical (unpaired) electrons. The lowest BCUT2D eigenvalue weighted by Crippen LogP contribution is -2.31. The van der Waals surface area contributed by atoms with Crippen LogP contribution >= 0.6 is 15.9 Å². The smallest absolute Gasteiger partial charge is 0.175 e. The minimum atomic E-state index is -0.309. The average molecular weight is 375 g/mol. The van der Waals surface area contributed by atoms with Gasteiger partial charge in [0.2, 0.25) is 0 Å². The maximum absolute atomic E-state index is 9.15. The molecule has 0 heterocycles. The molecule has 1 unspecified atom stereocenters. The van der Waals surface area contributed by atoms with Gasteiger partial charge < -0.3 is 25.2 Å². The molecule has 0 spiro atoms. The van der Waals surface area contributed by atoms with Crippen molar-refractivity contribution in [2.24, 2.45) is 0 Å². The van der Waals surface area contributed by atoms with Crippen molar-refractivity contribution in [3.8, 4) is 11.5 Å². The maximum Gasteiger partial charge on any atom is 0.175 e. The van der Waals surface area contributed by atoms with Crippen LogP contribution in [0.15, 0.2) is 16.6 Å². The number of hydrogen-bond donors (Lipinski definition) is 3. The lowest BCUT2D eigenvalue weighted by molar-refractivity contribution is 0.191. The number of rotatable bonds is 11. The summed E-state index contributed by atoms with van der Waals surface area (Å²) in [6, 6.07) is 4.05. The summed E-state index contributed by atoms with van der Waals surface area (Å²) in [6.07, 6.45) is -0.309. The van der Waals surface area contributed by atoms with Crippen molar-refractivity contribution in [3.05, 3.63) is 22.2 Å². The van der Waals surface area contributed by atoms with Gasteiger partial charge in [-0.25, -0.2) is 0 Å². The fourth-order valence-electron chi connectivity index (χ4n) is 1.99. The molecule has 0 bridgehead atoms. The first-order chi connectivity index (χ1) is 10.6. The molecule has 1 atom stereocenters. The highest BCUT2D eigenvalue weighted by atomic mass is 79.9. The molecule has 5 nitrogen and oxygen atoms in total. The molecule has 0 aliphatic carbocycles. The van der Waals surface area contributed by atoms with E-state index in [4.69, 9.17) is 14.6 Å². The van der Waals surface area contributed by atoms with Crippen molar-refractivity contribution < 1.29 is 14.6 Å². The molecule has 0 aliphatic heterocycles. The highest BCUT2D eigenvalue weighted by molar-refractivity contribution is 9.10. The SMILES string of the molecule is CCOc1cc(CNCCNCC(C)O)cc(Br)c1OCC. The van der Waals surface area contributed by atoms with Crippen molar-refractivity contribution in [1.82, 2.24) is 10.6 Å². The number of benzene rings is 1. The van der Waals surface area contributed by atoms with E-state index >= 15 is 0 Å². The van der Waals surface area contributed by atoms with Crippen LogP contribution in [-0.4, -0.2) is 44.1 Å². The molecule has 0 aliphatic rings. The Morgan fingerprint density at radius 2 is 1.82 bits per heavy atom. The van der Waals surface area contributed by atoms with E-state index in [2.05, 4.69) is 26.6 Å². The average Bonchev–Trinajstić information content (AvgIpc) is 2.46. The molecule has 1 aromatic rings. The van der Waals surface area contributed by atoms with E-state index in [1.807, 2.05) is 26.0 Å². The molecular formula is C16H27BrN2O3. The van der Waals surface area contributed by atoms with Crippen LogP contribution < -0.4 is 20.1 Å². The second-order valence-electron chi connectivity index (χ2n) is 5.00. The van der Waals surface area contributed by atoms with Crippen LogP contribution in [0.3, 0.4) is 0 Å². The topological polar surface area (TPSA) is 62.8 Å². The van der Waals surface area contributed by atoms with Crippen LogP contribution in [-0.2, 0) is 6.54 Å². The Hall–Kier alpha value is -0.820. The second-order valence-corrected chi connectivity index (χ2v) is 5.86. The van der Waals surface area contributed by atoms with Gasteiger partial charge >= 0.3 is 0 Å². The summed E-state index contributed by atoms with van der Waals surface area (Å²) in [5, 5.41) is 15.7. The zero-order chi connectivity index (χ0) is 16.4. The van der Waals surface area contributed by atoms with E-state index < -0.39 is 0 Å². The zero-order valence-electron chi connectivity index (χ0n) is 13.6. The van der Waals surface area contributed by atoms with Crippen LogP contribution in [0.1, 0.15) is 26.3 Å². The predicted octanol–water partition coefficient (Wildman–Crippen LogP) is 2.31. The van der Waals surface area contributed by atoms with Crippen LogP contribution in [0.5, 0.6) is 11.5 Å². The number of hydrogen-bond acceptors (Lipinski definition) is 5. The minimum absolute atomic E-state index is 0.309. The molecule has 6 heteroatoms. The first-order valence-electron chi connectivity index (χ1n) is 7.76. The monoisotopic (exact) mass is 374 g/mol. The third-order valence-corrected chi connectivity index (χ3v) is 3.49. The zero-order valence-corrected chi connectivity index (χ0v) is 15.2. The molecule has 126 valence electrons. The Morgan fingerprint density at radius 1 is 1.14 bits per heavy atom. The minimum Gasteiger partial charge on any atom is -0.490 e. The molecule has 0 amide bonds. The van der Waals surface area contributed by atoms with Crippen LogP contribution in [0.2, 0.25) is 0 Å². The van der Waals surface area contributed by atoms with Crippen molar-refractivity contribution in [1.29, 1.82) is 0 Å². The van der Waals surface area contributed by atoms with E-state index in [-0.39, 0.29) is 6.10 Å². The molecule has 1 aromatic carbocycles. The second kappa shape index (κ2) is 10.8. The Labute approximate surface area is 141 Å². The van der Waals surface area contributed by atoms with E-state index in [9.17, 15) is 0 Å². The largest absolute Gasteiger partial charge is 0.490 e. The summed E-state index contributed by atoms with van der Waals surface area (Å²) >= 11 is 3.55. The van der Waals surface area contributed by atoms with Crippen LogP contribution in [0.25, 0.3) is 0 Å². The van der Waals surface area contributed by atoms with Gasteiger partial charge in [0.05, 0.1) is 23.8 Å². The lowest BCUT2D eigenvalue weighted by Gasteiger charge is -2.15. The van der Waals surface area contributed by atoms with E-state index in [1.165, 1.54) is 0 Å². The summed E-state index contributed by atoms with van der Waals surface area (Å²) in [5.41, 5.74) is 1.13. The van der Waals surface area contributed by atoms with Crippen molar-refractivity contribution in [3.63, 3.8) is 0 Å². The molecule has 1 rings (SSSR count). The molecule has 0 saturated carbocycles. The molecule has 3 N–H and O–H groups in total. The summed E-state index contributed by atoms with van der Waals surface area (Å²) in [5.74, 6) is 1.52. The number of halogens is 1. The van der Waals surface area contributed by atoms with Crippen LogP contribution in [0.4, 0.5) is 0 Å². The predicted molar refractivity (Wildman–Crippen MR) is 92.7 cm³/mol. The fourth-order valence-corrected chi connectivity index (χ4v) is 2.60. The summed E-state index contributed by atoms with van der Waals surface area (Å²) < 4.78 is 12.2. The van der Waals surface area contributed by atoms with Gasteiger partial charge in [-0.3, -0.25) is 0 Å². The summed E-state index contributed by atoms with van der Waals surface area (Å²) in [4.78, 5) is 0. The molecular weight excluding hydrogens is 348 g/mol. The maximum atomic E-state index is 9.15. The van der Waals surface area contributed by atoms with Gasteiger partial charge in [0.25, 0.3) is 0 Å². The van der Waals surface area contributed by atoms with Crippen LogP contribution in [0, 0.1) is 0 Å². The Kier molecular flexibility index (Phi) is 9.47. The van der Waals surface area contributed by atoms with Gasteiger partial charge in [-0.05, 0) is 54.4 Å². The third-order valence-electron chi connectivity index (χ3n) is 2.91. The van der Waals surface area contributed by atoms with Gasteiger partial charge in [0.15, 0.2) is 11.5 Å². The normalized spacial score (nSPS) is 12.2. The Balaban J connectivity index is 2.53. The summed E-state index contributed by atoms with van der Waals surface area (Å²) in [6.45, 7) is 9.92. The first kappa shape index (κ1) is 19.2. The summed E-state index contributed by atoms with van der Waals surface area (Å²) in [7, 11) is 0. The van der Waals surface area contributed by atoms with Crippen molar-refractivity contribution >= 4 is 15.9 Å². The highest BCUT2D eigenvalue weighted by Gasteiger charge is 2.11. The standard InChI is InChI=1S/C16H27BrN2O3/c1-4-21-15-9-13(8-14(17)16(15)22-5-2)11-19-7-6-18-10-12(3)20/h8-9,12,18-20H,4-7,10-11H2,1-3H3. The molecule has 0 aromatic heterocycles. The van der Waals surface area contributed by atoms with Crippen molar-refractivity contribution in [2.45, 2.75) is 33.4 Å². The fraction of sp³-hybridized carbons (Fsp3) is 0.625. The van der Waals surface area contributed by atoms with Gasteiger partial charge in [0.1, 0.15) is 0 Å². The van der Waals surface area contributed by atoms with Crippen molar-refractivity contribution in [2.75, 3.05) is 32.8 Å². The van der Waals surface area contributed by atoms with E-state index in [0.717, 1.165) is 41.2 Å². The molecule has 0 saturated heterocycles. The first-order valence-corrected chi connectivity index (χ1v) is 8.55. The quantitative estimate of drug-likeness (QED) is 0.518. The Morgan fingerprint density at radius 3 is 2.45 bits per heavy atom.